The second kappa shape index (κ2) is 11.3. The van der Waals surface area contributed by atoms with Gasteiger partial charge in [-0.1, -0.05) is 44.7 Å². The standard InChI is InChI=1S/C22H30N2O3S2/c1-4-5-6-7-10-17-28-19-15-13-18(14-16-19)23-22(25)20-11-8-9-12-21(20)24(2)29(3,26)27/h8-9,11-16H,4-7,10,17H2,1-3H3,(H,23,25). The van der Waals surface area contributed by atoms with Crippen molar-refractivity contribution in [1.29, 1.82) is 0 Å². The van der Waals surface area contributed by atoms with Crippen molar-refractivity contribution in [1.82, 2.24) is 0 Å². The van der Waals surface area contributed by atoms with Crippen LogP contribution in [0.2, 0.25) is 0 Å². The highest BCUT2D eigenvalue weighted by Gasteiger charge is 2.19. The van der Waals surface area contributed by atoms with Crippen LogP contribution in [0, 0.1) is 0 Å². The summed E-state index contributed by atoms with van der Waals surface area (Å²) in [5, 5.41) is 2.85. The van der Waals surface area contributed by atoms with Gasteiger partial charge in [0.25, 0.3) is 5.91 Å². The van der Waals surface area contributed by atoms with Crippen LogP contribution in [0.3, 0.4) is 0 Å². The smallest absolute Gasteiger partial charge is 0.257 e. The molecule has 0 unspecified atom stereocenters. The lowest BCUT2D eigenvalue weighted by Crippen LogP contribution is -2.27. The predicted molar refractivity (Wildman–Crippen MR) is 124 cm³/mol. The summed E-state index contributed by atoms with van der Waals surface area (Å²) in [6.07, 6.45) is 7.47. The Kier molecular flexibility index (Phi) is 9.04. The van der Waals surface area contributed by atoms with Gasteiger partial charge in [0.15, 0.2) is 0 Å². The number of carbonyl (C=O) groups is 1. The molecule has 0 saturated heterocycles. The molecule has 0 heterocycles. The lowest BCUT2D eigenvalue weighted by molar-refractivity contribution is 0.102. The molecule has 0 aromatic heterocycles. The van der Waals surface area contributed by atoms with Crippen LogP contribution in [0.15, 0.2) is 53.4 Å². The molecule has 7 heteroatoms. The van der Waals surface area contributed by atoms with Crippen molar-refractivity contribution in [3.63, 3.8) is 0 Å². The Hall–Kier alpha value is -1.99. The maximum atomic E-state index is 12.7. The van der Waals surface area contributed by atoms with Gasteiger partial charge in [-0.15, -0.1) is 11.8 Å². The van der Waals surface area contributed by atoms with Crippen LogP contribution in [0.1, 0.15) is 49.4 Å². The lowest BCUT2D eigenvalue weighted by Gasteiger charge is -2.19. The zero-order chi connectivity index (χ0) is 21.3. The van der Waals surface area contributed by atoms with E-state index in [4.69, 9.17) is 0 Å². The van der Waals surface area contributed by atoms with E-state index in [-0.39, 0.29) is 5.91 Å². The largest absolute Gasteiger partial charge is 0.322 e. The molecule has 0 bridgehead atoms. The molecular formula is C22H30N2O3S2. The minimum atomic E-state index is -3.46. The van der Waals surface area contributed by atoms with Crippen LogP contribution in [0.5, 0.6) is 0 Å². The number of nitrogens with one attached hydrogen (secondary N) is 1. The van der Waals surface area contributed by atoms with Gasteiger partial charge in [-0.3, -0.25) is 9.10 Å². The van der Waals surface area contributed by atoms with Crippen molar-refractivity contribution in [3.8, 4) is 0 Å². The molecule has 5 nitrogen and oxygen atoms in total. The molecule has 0 aliphatic carbocycles. The highest BCUT2D eigenvalue weighted by atomic mass is 32.2. The van der Waals surface area contributed by atoms with E-state index in [1.807, 2.05) is 36.0 Å². The molecule has 29 heavy (non-hydrogen) atoms. The molecule has 0 radical (unpaired) electrons. The zero-order valence-electron chi connectivity index (χ0n) is 17.3. The molecule has 2 aromatic rings. The number of para-hydroxylation sites is 1. The summed E-state index contributed by atoms with van der Waals surface area (Å²) >= 11 is 1.83. The molecule has 158 valence electrons. The van der Waals surface area contributed by atoms with E-state index in [1.165, 1.54) is 44.0 Å². The van der Waals surface area contributed by atoms with Gasteiger partial charge in [-0.25, -0.2) is 8.42 Å². The number of unbranched alkanes of at least 4 members (excludes halogenated alkanes) is 4. The number of thioether (sulfide) groups is 1. The van der Waals surface area contributed by atoms with E-state index in [0.29, 0.717) is 16.9 Å². The number of amides is 1. The normalized spacial score (nSPS) is 11.3. The van der Waals surface area contributed by atoms with Crippen LogP contribution in [0.4, 0.5) is 11.4 Å². The maximum Gasteiger partial charge on any atom is 0.257 e. The zero-order valence-corrected chi connectivity index (χ0v) is 19.0. The highest BCUT2D eigenvalue weighted by molar-refractivity contribution is 7.99. The van der Waals surface area contributed by atoms with Gasteiger partial charge in [-0.2, -0.15) is 0 Å². The minimum Gasteiger partial charge on any atom is -0.322 e. The third kappa shape index (κ3) is 7.40. The summed E-state index contributed by atoms with van der Waals surface area (Å²) in [6.45, 7) is 2.22. The number of rotatable bonds is 11. The molecule has 0 aliphatic heterocycles. The Morgan fingerprint density at radius 3 is 2.31 bits per heavy atom. The molecule has 1 amide bonds. The number of anilines is 2. The van der Waals surface area contributed by atoms with E-state index in [2.05, 4.69) is 12.2 Å². The van der Waals surface area contributed by atoms with Crippen molar-refractivity contribution in [2.45, 2.75) is 43.9 Å². The SMILES string of the molecule is CCCCCCCSc1ccc(NC(=O)c2ccccc2N(C)S(C)(=O)=O)cc1. The van der Waals surface area contributed by atoms with E-state index in [0.717, 1.165) is 16.3 Å². The van der Waals surface area contributed by atoms with Crippen LogP contribution in [-0.2, 0) is 10.0 Å². The van der Waals surface area contributed by atoms with Crippen molar-refractivity contribution in [2.24, 2.45) is 0 Å². The van der Waals surface area contributed by atoms with Gasteiger partial charge in [0.1, 0.15) is 0 Å². The van der Waals surface area contributed by atoms with Gasteiger partial charge >= 0.3 is 0 Å². The number of nitrogens with zero attached hydrogens (tertiary/aromatic N) is 1. The van der Waals surface area contributed by atoms with Gasteiger partial charge < -0.3 is 5.32 Å². The molecule has 0 saturated carbocycles. The molecular weight excluding hydrogens is 404 g/mol. The molecule has 0 fully saturated rings. The Morgan fingerprint density at radius 2 is 1.66 bits per heavy atom. The second-order valence-corrected chi connectivity index (χ2v) is 10.2. The molecule has 2 aromatic carbocycles. The number of sulfonamides is 1. The van der Waals surface area contributed by atoms with E-state index in [1.54, 1.807) is 24.3 Å². The molecule has 0 spiro atoms. The first-order valence-corrected chi connectivity index (χ1v) is 12.7. The summed E-state index contributed by atoms with van der Waals surface area (Å²) in [5.74, 6) is 0.757. The summed E-state index contributed by atoms with van der Waals surface area (Å²) in [4.78, 5) is 13.9. The summed E-state index contributed by atoms with van der Waals surface area (Å²) in [7, 11) is -2.02. The van der Waals surface area contributed by atoms with E-state index < -0.39 is 10.0 Å². The fourth-order valence-corrected chi connectivity index (χ4v) is 4.28. The van der Waals surface area contributed by atoms with Gasteiger partial charge in [-0.05, 0) is 48.6 Å². The predicted octanol–water partition coefficient (Wildman–Crippen LogP) is 5.40. The lowest BCUT2D eigenvalue weighted by atomic mass is 10.1. The van der Waals surface area contributed by atoms with Crippen LogP contribution in [-0.4, -0.2) is 33.4 Å². The number of hydrogen-bond acceptors (Lipinski definition) is 4. The summed E-state index contributed by atoms with van der Waals surface area (Å²) in [6, 6.07) is 14.4. The Labute approximate surface area is 178 Å². The molecule has 0 atom stereocenters. The monoisotopic (exact) mass is 434 g/mol. The number of hydrogen-bond donors (Lipinski definition) is 1. The second-order valence-electron chi connectivity index (χ2n) is 6.99. The fraction of sp³-hybridized carbons (Fsp3) is 0.409. The van der Waals surface area contributed by atoms with E-state index >= 15 is 0 Å². The molecule has 0 aliphatic rings. The van der Waals surface area contributed by atoms with Crippen LogP contribution in [0.25, 0.3) is 0 Å². The third-order valence-corrected chi connectivity index (χ3v) is 6.90. The molecule has 2 rings (SSSR count). The Bertz CT molecular complexity index is 897. The van der Waals surface area contributed by atoms with Crippen molar-refractivity contribution in [3.05, 3.63) is 54.1 Å². The first kappa shape index (κ1) is 23.3. The van der Waals surface area contributed by atoms with Crippen LogP contribution >= 0.6 is 11.8 Å². The third-order valence-electron chi connectivity index (χ3n) is 4.61. The fourth-order valence-electron chi connectivity index (χ4n) is 2.85. The Balaban J connectivity index is 1.96. The van der Waals surface area contributed by atoms with Crippen molar-refractivity contribution < 1.29 is 13.2 Å². The number of benzene rings is 2. The highest BCUT2D eigenvalue weighted by Crippen LogP contribution is 2.25. The van der Waals surface area contributed by atoms with Gasteiger partial charge in [0, 0.05) is 17.6 Å². The minimum absolute atomic E-state index is 0.311. The quantitative estimate of drug-likeness (QED) is 0.380. The maximum absolute atomic E-state index is 12.7. The summed E-state index contributed by atoms with van der Waals surface area (Å²) < 4.78 is 24.8. The average molecular weight is 435 g/mol. The van der Waals surface area contributed by atoms with Crippen LogP contribution < -0.4 is 9.62 Å². The van der Waals surface area contributed by atoms with Gasteiger partial charge in [0.05, 0.1) is 17.5 Å². The first-order valence-electron chi connectivity index (χ1n) is 9.90. The van der Waals surface area contributed by atoms with E-state index in [9.17, 15) is 13.2 Å². The van der Waals surface area contributed by atoms with Gasteiger partial charge in [0.2, 0.25) is 10.0 Å². The topological polar surface area (TPSA) is 66.5 Å². The number of carbonyl (C=O) groups excluding carboxylic acids is 1. The summed E-state index contributed by atoms with van der Waals surface area (Å²) in [5.41, 5.74) is 1.34. The molecule has 1 N–H and O–H groups in total. The first-order chi connectivity index (χ1) is 13.8. The Morgan fingerprint density at radius 1 is 1.00 bits per heavy atom. The average Bonchev–Trinajstić information content (AvgIpc) is 2.70. The van der Waals surface area contributed by atoms with Crippen molar-refractivity contribution >= 4 is 39.1 Å². The van der Waals surface area contributed by atoms with Crippen molar-refractivity contribution in [2.75, 3.05) is 28.7 Å².